The van der Waals surface area contributed by atoms with Crippen LogP contribution in [0.1, 0.15) is 10.4 Å². The molecule has 0 saturated carbocycles. The van der Waals surface area contributed by atoms with E-state index in [1.54, 1.807) is 17.8 Å². The summed E-state index contributed by atoms with van der Waals surface area (Å²) in [5.74, 6) is -0.336. The summed E-state index contributed by atoms with van der Waals surface area (Å²) in [5.41, 5.74) is 0.536. The van der Waals surface area contributed by atoms with Crippen LogP contribution in [0.3, 0.4) is 0 Å². The summed E-state index contributed by atoms with van der Waals surface area (Å²) in [5, 5.41) is 0. The van der Waals surface area contributed by atoms with Gasteiger partial charge in [-0.15, -0.1) is 0 Å². The molecule has 0 aliphatic carbocycles. The second-order valence-electron chi connectivity index (χ2n) is 3.73. The van der Waals surface area contributed by atoms with Crippen molar-refractivity contribution in [3.63, 3.8) is 0 Å². The molecule has 0 aromatic heterocycles. The van der Waals surface area contributed by atoms with Crippen LogP contribution >= 0.6 is 43.6 Å². The molecule has 19 heavy (non-hydrogen) atoms. The number of esters is 1. The summed E-state index contributed by atoms with van der Waals surface area (Å²) in [6, 6.07) is 13.5. The van der Waals surface area contributed by atoms with Gasteiger partial charge in [-0.25, -0.2) is 4.79 Å². The molecule has 2 aromatic rings. The molecule has 2 rings (SSSR count). The number of carbonyl (C=O) groups is 1. The molecule has 0 amide bonds. The Labute approximate surface area is 132 Å². The minimum Gasteiger partial charge on any atom is -0.465 e. The van der Waals surface area contributed by atoms with Crippen molar-refractivity contribution in [1.82, 2.24) is 0 Å². The van der Waals surface area contributed by atoms with Crippen LogP contribution in [-0.2, 0) is 4.74 Å². The number of hydrogen-bond acceptors (Lipinski definition) is 3. The van der Waals surface area contributed by atoms with E-state index >= 15 is 0 Å². The average Bonchev–Trinajstić information content (AvgIpc) is 2.37. The van der Waals surface area contributed by atoms with Gasteiger partial charge in [0.25, 0.3) is 0 Å². The van der Waals surface area contributed by atoms with Crippen LogP contribution in [0.5, 0.6) is 0 Å². The molecule has 5 heteroatoms. The zero-order valence-electron chi connectivity index (χ0n) is 10.0. The lowest BCUT2D eigenvalue weighted by Crippen LogP contribution is -2.01. The Morgan fingerprint density at radius 2 is 1.79 bits per heavy atom. The number of ether oxygens (including phenoxy) is 1. The van der Waals surface area contributed by atoms with Gasteiger partial charge in [0.15, 0.2) is 0 Å². The third-order valence-electron chi connectivity index (χ3n) is 2.32. The summed E-state index contributed by atoms with van der Waals surface area (Å²) in [4.78, 5) is 13.6. The normalized spacial score (nSPS) is 10.3. The molecule has 0 unspecified atom stereocenters. The highest BCUT2D eigenvalue weighted by Crippen LogP contribution is 2.32. The van der Waals surface area contributed by atoms with Gasteiger partial charge in [-0.2, -0.15) is 0 Å². The maximum Gasteiger partial charge on any atom is 0.337 e. The monoisotopic (exact) mass is 400 g/mol. The van der Waals surface area contributed by atoms with Crippen molar-refractivity contribution in [2.75, 3.05) is 7.11 Å². The number of carbonyl (C=O) groups excluding carboxylic acids is 1. The second-order valence-corrected chi connectivity index (χ2v) is 6.70. The smallest absolute Gasteiger partial charge is 0.337 e. The predicted molar refractivity (Wildman–Crippen MR) is 83.7 cm³/mol. The number of halogens is 2. The molecule has 2 nitrogen and oxygen atoms in total. The van der Waals surface area contributed by atoms with Gasteiger partial charge in [-0.05, 0) is 36.4 Å². The maximum absolute atomic E-state index is 11.6. The largest absolute Gasteiger partial charge is 0.465 e. The molecule has 2 aromatic carbocycles. The fourth-order valence-electron chi connectivity index (χ4n) is 1.52. The first-order valence-corrected chi connectivity index (χ1v) is 7.81. The summed E-state index contributed by atoms with van der Waals surface area (Å²) < 4.78 is 6.62. The quantitative estimate of drug-likeness (QED) is 0.665. The second kappa shape index (κ2) is 6.59. The molecule has 98 valence electrons. The first-order chi connectivity index (χ1) is 9.08. The van der Waals surface area contributed by atoms with Gasteiger partial charge in [-0.1, -0.05) is 49.7 Å². The maximum atomic E-state index is 11.6. The molecule has 0 N–H and O–H groups in total. The number of methoxy groups -OCH3 is 1. The Hall–Kier alpha value is -0.780. The van der Waals surface area contributed by atoms with Crippen LogP contribution in [0.4, 0.5) is 0 Å². The van der Waals surface area contributed by atoms with E-state index in [4.69, 9.17) is 4.74 Å². The number of benzene rings is 2. The minimum absolute atomic E-state index is 0.336. The van der Waals surface area contributed by atoms with Crippen LogP contribution in [0.25, 0.3) is 0 Å². The molecule has 0 bridgehead atoms. The van der Waals surface area contributed by atoms with Crippen molar-refractivity contribution >= 4 is 49.6 Å². The van der Waals surface area contributed by atoms with Gasteiger partial charge in [0.2, 0.25) is 0 Å². The molecular weight excluding hydrogens is 392 g/mol. The fraction of sp³-hybridized carbons (Fsp3) is 0.0714. The first-order valence-electron chi connectivity index (χ1n) is 5.41. The van der Waals surface area contributed by atoms with Crippen LogP contribution in [-0.4, -0.2) is 13.1 Å². The Morgan fingerprint density at radius 1 is 1.05 bits per heavy atom. The topological polar surface area (TPSA) is 26.3 Å². The lowest BCUT2D eigenvalue weighted by atomic mass is 10.2. The number of rotatable bonds is 3. The summed E-state index contributed by atoms with van der Waals surface area (Å²) in [7, 11) is 1.38. The molecule has 0 fully saturated rings. The molecule has 0 aliphatic rings. The molecule has 0 saturated heterocycles. The SMILES string of the molecule is COC(=O)c1cc(Br)cc(Sc2cccc(Br)c2)c1. The Bertz CT molecular complexity index is 614. The van der Waals surface area contributed by atoms with Crippen molar-refractivity contribution in [2.45, 2.75) is 9.79 Å². The van der Waals surface area contributed by atoms with Gasteiger partial charge >= 0.3 is 5.97 Å². The highest BCUT2D eigenvalue weighted by molar-refractivity contribution is 9.10. The lowest BCUT2D eigenvalue weighted by Gasteiger charge is -2.06. The van der Waals surface area contributed by atoms with E-state index < -0.39 is 0 Å². The minimum atomic E-state index is -0.336. The van der Waals surface area contributed by atoms with Crippen LogP contribution in [0.2, 0.25) is 0 Å². The van der Waals surface area contributed by atoms with E-state index in [9.17, 15) is 4.79 Å². The van der Waals surface area contributed by atoms with Crippen molar-refractivity contribution in [3.8, 4) is 0 Å². The standard InChI is InChI=1S/C14H10Br2O2S/c1-18-14(17)9-5-11(16)8-13(6-9)19-12-4-2-3-10(15)7-12/h2-8H,1H3. The Kier molecular flexibility index (Phi) is 5.07. The third-order valence-corrected chi connectivity index (χ3v) is 4.24. The third kappa shape index (κ3) is 4.09. The van der Waals surface area contributed by atoms with Crippen molar-refractivity contribution < 1.29 is 9.53 Å². The van der Waals surface area contributed by atoms with E-state index in [-0.39, 0.29) is 5.97 Å². The van der Waals surface area contributed by atoms with E-state index in [0.29, 0.717) is 5.56 Å². The molecular formula is C14H10Br2O2S. The predicted octanol–water partition coefficient (Wildman–Crippen LogP) is 5.15. The van der Waals surface area contributed by atoms with Crippen LogP contribution < -0.4 is 0 Å². The van der Waals surface area contributed by atoms with Crippen molar-refractivity contribution in [3.05, 3.63) is 57.0 Å². The highest BCUT2D eigenvalue weighted by Gasteiger charge is 2.09. The van der Waals surface area contributed by atoms with Gasteiger partial charge in [0.05, 0.1) is 12.7 Å². The summed E-state index contributed by atoms with van der Waals surface area (Å²) in [6.45, 7) is 0. The molecule has 0 atom stereocenters. The van der Waals surface area contributed by atoms with Gasteiger partial charge < -0.3 is 4.74 Å². The Morgan fingerprint density at radius 3 is 2.47 bits per heavy atom. The van der Waals surface area contributed by atoms with E-state index in [2.05, 4.69) is 31.9 Å². The first kappa shape index (κ1) is 14.6. The van der Waals surface area contributed by atoms with Crippen molar-refractivity contribution in [2.24, 2.45) is 0 Å². The van der Waals surface area contributed by atoms with E-state index in [0.717, 1.165) is 18.7 Å². The zero-order chi connectivity index (χ0) is 13.8. The average molecular weight is 402 g/mol. The van der Waals surface area contributed by atoms with Crippen LogP contribution in [0, 0.1) is 0 Å². The molecule has 0 aliphatic heterocycles. The number of hydrogen-bond donors (Lipinski definition) is 0. The van der Waals surface area contributed by atoms with Gasteiger partial charge in [0, 0.05) is 18.7 Å². The summed E-state index contributed by atoms with van der Waals surface area (Å²) in [6.07, 6.45) is 0. The summed E-state index contributed by atoms with van der Waals surface area (Å²) >= 11 is 8.44. The zero-order valence-corrected chi connectivity index (χ0v) is 14.0. The fourth-order valence-corrected chi connectivity index (χ4v) is 3.70. The van der Waals surface area contributed by atoms with E-state index in [1.807, 2.05) is 36.4 Å². The van der Waals surface area contributed by atoms with E-state index in [1.165, 1.54) is 7.11 Å². The Balaban J connectivity index is 2.30. The highest BCUT2D eigenvalue weighted by atomic mass is 79.9. The lowest BCUT2D eigenvalue weighted by molar-refractivity contribution is 0.0600. The van der Waals surface area contributed by atoms with Crippen molar-refractivity contribution in [1.29, 1.82) is 0 Å². The molecule has 0 heterocycles. The van der Waals surface area contributed by atoms with Crippen LogP contribution in [0.15, 0.2) is 61.2 Å². The van der Waals surface area contributed by atoms with Gasteiger partial charge in [0.1, 0.15) is 0 Å². The molecule has 0 spiro atoms. The molecule has 0 radical (unpaired) electrons. The van der Waals surface area contributed by atoms with Gasteiger partial charge in [-0.3, -0.25) is 0 Å².